The van der Waals surface area contributed by atoms with Gasteiger partial charge in [-0.15, -0.1) is 10.2 Å². The normalized spacial score (nSPS) is 10.2. The molecule has 94 valence electrons. The first-order valence-corrected chi connectivity index (χ1v) is 6.17. The summed E-state index contributed by atoms with van der Waals surface area (Å²) in [5, 5.41) is 8.38. The third-order valence-corrected chi connectivity index (χ3v) is 3.07. The molecule has 2 aromatic rings. The number of primary amides is 1. The summed E-state index contributed by atoms with van der Waals surface area (Å²) < 4.78 is 0. The van der Waals surface area contributed by atoms with Gasteiger partial charge >= 0.3 is 0 Å². The maximum absolute atomic E-state index is 11.1. The van der Waals surface area contributed by atoms with Gasteiger partial charge in [0.15, 0.2) is 0 Å². The number of amides is 1. The summed E-state index contributed by atoms with van der Waals surface area (Å²) in [6.07, 6.45) is 0. The van der Waals surface area contributed by atoms with Crippen LogP contribution in [0.1, 0.15) is 5.56 Å². The lowest BCUT2D eigenvalue weighted by Gasteiger charge is -2.19. The van der Waals surface area contributed by atoms with Crippen LogP contribution in [0.25, 0.3) is 0 Å². The molecule has 0 radical (unpaired) electrons. The van der Waals surface area contributed by atoms with Crippen molar-refractivity contribution in [1.82, 2.24) is 10.2 Å². The van der Waals surface area contributed by atoms with Gasteiger partial charge in [-0.05, 0) is 17.7 Å². The minimum atomic E-state index is -0.402. The Morgan fingerprint density at radius 2 is 2.06 bits per heavy atom. The molecule has 1 amide bonds. The van der Waals surface area contributed by atoms with E-state index < -0.39 is 5.91 Å². The molecule has 0 unspecified atom stereocenters. The van der Waals surface area contributed by atoms with E-state index in [0.29, 0.717) is 17.4 Å². The molecule has 7 heteroatoms. The molecule has 0 aliphatic carbocycles. The smallest absolute Gasteiger partial charge is 0.237 e. The van der Waals surface area contributed by atoms with Gasteiger partial charge in [0.2, 0.25) is 11.0 Å². The van der Waals surface area contributed by atoms with Gasteiger partial charge in [0.1, 0.15) is 5.51 Å². The van der Waals surface area contributed by atoms with Crippen LogP contribution in [-0.4, -0.2) is 22.6 Å². The molecule has 0 fully saturated rings. The number of carbonyl (C=O) groups is 1. The average molecular weight is 263 g/mol. The predicted octanol–water partition coefficient (Wildman–Crippen LogP) is 0.612. The molecular weight excluding hydrogens is 250 g/mol. The Kier molecular flexibility index (Phi) is 3.73. The molecule has 0 aliphatic heterocycles. The van der Waals surface area contributed by atoms with Crippen molar-refractivity contribution >= 4 is 28.1 Å². The summed E-state index contributed by atoms with van der Waals surface area (Å²) in [4.78, 5) is 12.8. The molecule has 4 N–H and O–H groups in total. The summed E-state index contributed by atoms with van der Waals surface area (Å²) in [6, 6.07) is 7.45. The maximum atomic E-state index is 11.1. The highest BCUT2D eigenvalue weighted by molar-refractivity contribution is 7.13. The molecule has 0 aliphatic rings. The zero-order chi connectivity index (χ0) is 13.0. The van der Waals surface area contributed by atoms with Crippen LogP contribution in [0.4, 0.5) is 10.8 Å². The van der Waals surface area contributed by atoms with Gasteiger partial charge in [-0.25, -0.2) is 0 Å². The number of nitrogens with two attached hydrogens (primary N) is 2. The van der Waals surface area contributed by atoms with Crippen molar-refractivity contribution in [3.63, 3.8) is 0 Å². The monoisotopic (exact) mass is 263 g/mol. The van der Waals surface area contributed by atoms with E-state index in [-0.39, 0.29) is 6.54 Å². The van der Waals surface area contributed by atoms with Crippen molar-refractivity contribution in [2.45, 2.75) is 6.54 Å². The Balaban J connectivity index is 2.15. The summed E-state index contributed by atoms with van der Waals surface area (Å²) >= 11 is 1.37. The molecule has 0 saturated carbocycles. The Labute approximate surface area is 108 Å². The number of anilines is 2. The van der Waals surface area contributed by atoms with Gasteiger partial charge in [-0.2, -0.15) is 0 Å². The number of hydrogen-bond acceptors (Lipinski definition) is 6. The zero-order valence-corrected chi connectivity index (χ0v) is 10.4. The third kappa shape index (κ3) is 3.17. The highest BCUT2D eigenvalue weighted by Gasteiger charge is 2.13. The Hall–Kier alpha value is -2.15. The lowest BCUT2D eigenvalue weighted by molar-refractivity contribution is -0.116. The van der Waals surface area contributed by atoms with Crippen LogP contribution in [0.5, 0.6) is 0 Å². The lowest BCUT2D eigenvalue weighted by Crippen LogP contribution is -2.33. The third-order valence-electron chi connectivity index (χ3n) is 2.32. The highest BCUT2D eigenvalue weighted by Crippen LogP contribution is 2.18. The minimum absolute atomic E-state index is 0.111. The fourth-order valence-corrected chi connectivity index (χ4v) is 2.09. The van der Waals surface area contributed by atoms with E-state index in [4.69, 9.17) is 11.5 Å². The van der Waals surface area contributed by atoms with Crippen molar-refractivity contribution in [3.8, 4) is 0 Å². The largest absolute Gasteiger partial charge is 0.399 e. The molecule has 6 nitrogen and oxygen atoms in total. The van der Waals surface area contributed by atoms with Crippen molar-refractivity contribution in [1.29, 1.82) is 0 Å². The quantitative estimate of drug-likeness (QED) is 0.770. The lowest BCUT2D eigenvalue weighted by atomic mass is 10.2. The van der Waals surface area contributed by atoms with Crippen molar-refractivity contribution in [2.24, 2.45) is 5.73 Å². The van der Waals surface area contributed by atoms with Crippen molar-refractivity contribution in [2.75, 3.05) is 17.2 Å². The van der Waals surface area contributed by atoms with Crippen LogP contribution in [-0.2, 0) is 11.3 Å². The van der Waals surface area contributed by atoms with Crippen molar-refractivity contribution < 1.29 is 4.79 Å². The Bertz CT molecular complexity index is 511. The van der Waals surface area contributed by atoms with Crippen LogP contribution < -0.4 is 16.4 Å². The number of hydrogen-bond donors (Lipinski definition) is 2. The molecule has 18 heavy (non-hydrogen) atoms. The van der Waals surface area contributed by atoms with Crippen LogP contribution in [0.3, 0.4) is 0 Å². The van der Waals surface area contributed by atoms with Gasteiger partial charge < -0.3 is 16.4 Å². The topological polar surface area (TPSA) is 98.1 Å². The molecule has 1 aromatic heterocycles. The first kappa shape index (κ1) is 12.3. The van der Waals surface area contributed by atoms with E-state index >= 15 is 0 Å². The van der Waals surface area contributed by atoms with Crippen LogP contribution in [0.2, 0.25) is 0 Å². The van der Waals surface area contributed by atoms with Gasteiger partial charge in [-0.3, -0.25) is 4.79 Å². The second kappa shape index (κ2) is 5.46. The van der Waals surface area contributed by atoms with Crippen LogP contribution in [0.15, 0.2) is 29.8 Å². The first-order chi connectivity index (χ1) is 8.65. The molecule has 0 atom stereocenters. The van der Waals surface area contributed by atoms with E-state index in [1.807, 2.05) is 24.3 Å². The molecule has 1 heterocycles. The average Bonchev–Trinajstić information content (AvgIpc) is 2.84. The number of nitrogen functional groups attached to an aromatic ring is 1. The summed E-state index contributed by atoms with van der Waals surface area (Å²) in [5.74, 6) is -0.402. The second-order valence-corrected chi connectivity index (χ2v) is 4.60. The zero-order valence-electron chi connectivity index (χ0n) is 9.61. The molecule has 1 aromatic carbocycles. The second-order valence-electron chi connectivity index (χ2n) is 3.79. The molecule has 0 bridgehead atoms. The number of nitrogens with zero attached hydrogens (tertiary/aromatic N) is 3. The minimum Gasteiger partial charge on any atom is -0.399 e. The van der Waals surface area contributed by atoms with Gasteiger partial charge in [0.25, 0.3) is 0 Å². The van der Waals surface area contributed by atoms with Crippen LogP contribution >= 0.6 is 11.3 Å². The van der Waals surface area contributed by atoms with Crippen LogP contribution in [0, 0.1) is 0 Å². The fraction of sp³-hybridized carbons (Fsp3) is 0.182. The van der Waals surface area contributed by atoms with E-state index in [1.54, 1.807) is 10.4 Å². The SMILES string of the molecule is NC(=O)CN(Cc1ccc(N)cc1)c1nncs1. The summed E-state index contributed by atoms with van der Waals surface area (Å²) in [5.41, 5.74) is 14.2. The molecular formula is C11H13N5OS. The number of rotatable bonds is 5. The number of benzene rings is 1. The molecule has 0 saturated heterocycles. The Morgan fingerprint density at radius 3 is 2.61 bits per heavy atom. The van der Waals surface area contributed by atoms with E-state index in [1.165, 1.54) is 11.3 Å². The maximum Gasteiger partial charge on any atom is 0.237 e. The van der Waals surface area contributed by atoms with Gasteiger partial charge in [-0.1, -0.05) is 23.5 Å². The Morgan fingerprint density at radius 1 is 1.33 bits per heavy atom. The van der Waals surface area contributed by atoms with Crippen molar-refractivity contribution in [3.05, 3.63) is 35.3 Å². The predicted molar refractivity (Wildman–Crippen MR) is 71.0 cm³/mol. The first-order valence-electron chi connectivity index (χ1n) is 5.29. The number of carbonyl (C=O) groups excluding carboxylic acids is 1. The fourth-order valence-electron chi connectivity index (χ4n) is 1.53. The summed E-state index contributed by atoms with van der Waals surface area (Å²) in [7, 11) is 0. The van der Waals surface area contributed by atoms with E-state index in [2.05, 4.69) is 10.2 Å². The van der Waals surface area contributed by atoms with E-state index in [0.717, 1.165) is 5.56 Å². The van der Waals surface area contributed by atoms with Gasteiger partial charge in [0.05, 0.1) is 6.54 Å². The molecule has 2 rings (SSSR count). The highest BCUT2D eigenvalue weighted by atomic mass is 32.1. The summed E-state index contributed by atoms with van der Waals surface area (Å²) in [6.45, 7) is 0.651. The number of aromatic nitrogens is 2. The molecule has 0 spiro atoms. The van der Waals surface area contributed by atoms with E-state index in [9.17, 15) is 4.79 Å². The standard InChI is InChI=1S/C11H13N5OS/c12-9-3-1-8(2-4-9)5-16(6-10(13)17)11-15-14-7-18-11/h1-4,7H,5-6,12H2,(H2,13,17). The van der Waals surface area contributed by atoms with Gasteiger partial charge in [0, 0.05) is 12.2 Å².